The van der Waals surface area contributed by atoms with E-state index in [1.807, 2.05) is 30.5 Å². The lowest BCUT2D eigenvalue weighted by atomic mass is 10.0. The van der Waals surface area contributed by atoms with Crippen LogP contribution in [-0.2, 0) is 6.42 Å². The zero-order valence-corrected chi connectivity index (χ0v) is 11.8. The molecule has 0 aliphatic heterocycles. The van der Waals surface area contributed by atoms with Crippen LogP contribution in [-0.4, -0.2) is 16.3 Å². The van der Waals surface area contributed by atoms with E-state index >= 15 is 0 Å². The summed E-state index contributed by atoms with van der Waals surface area (Å²) < 4.78 is 0. The molecule has 2 rings (SSSR count). The van der Waals surface area contributed by atoms with E-state index in [1.54, 1.807) is 23.9 Å². The van der Waals surface area contributed by atoms with Gasteiger partial charge in [0.05, 0.1) is 11.0 Å². The molecule has 0 heterocycles. The molecule has 2 aromatic rings. The zero-order chi connectivity index (χ0) is 14.5. The molecule has 0 radical (unpaired) electrons. The molecule has 0 aromatic heterocycles. The lowest BCUT2D eigenvalue weighted by Gasteiger charge is -2.14. The quantitative estimate of drug-likeness (QED) is 0.519. The predicted octanol–water partition coefficient (Wildman–Crippen LogP) is 3.59. The number of rotatable bonds is 5. The SMILES string of the molecule is CSc1ccccc1[C@H](O)Cc1ccc([N+](=O)[O-])cc1. The standard InChI is InChI=1S/C15H15NO3S/c1-20-15-5-3-2-4-13(15)14(17)10-11-6-8-12(9-7-11)16(18)19/h2-9,14,17H,10H2,1H3/t14-/m1/s1. The number of aliphatic hydroxyl groups is 1. The third-order valence-corrected chi connectivity index (χ3v) is 3.89. The molecule has 0 spiro atoms. The molecule has 1 atom stereocenters. The van der Waals surface area contributed by atoms with Gasteiger partial charge in [0.1, 0.15) is 0 Å². The van der Waals surface area contributed by atoms with Crippen LogP contribution in [0.2, 0.25) is 0 Å². The number of thioether (sulfide) groups is 1. The van der Waals surface area contributed by atoms with E-state index < -0.39 is 11.0 Å². The van der Waals surface area contributed by atoms with E-state index in [-0.39, 0.29) is 5.69 Å². The highest BCUT2D eigenvalue weighted by Crippen LogP contribution is 2.28. The van der Waals surface area contributed by atoms with Crippen LogP contribution in [0.1, 0.15) is 17.2 Å². The van der Waals surface area contributed by atoms with Gasteiger partial charge >= 0.3 is 0 Å². The summed E-state index contributed by atoms with van der Waals surface area (Å²) in [5.41, 5.74) is 1.82. The first-order valence-electron chi connectivity index (χ1n) is 6.16. The van der Waals surface area contributed by atoms with Crippen LogP contribution < -0.4 is 0 Å². The number of hydrogen-bond acceptors (Lipinski definition) is 4. The van der Waals surface area contributed by atoms with Crippen molar-refractivity contribution in [1.82, 2.24) is 0 Å². The van der Waals surface area contributed by atoms with Crippen LogP contribution in [0, 0.1) is 10.1 Å². The fourth-order valence-corrected chi connectivity index (χ4v) is 2.68. The van der Waals surface area contributed by atoms with Crippen LogP contribution in [0.15, 0.2) is 53.4 Å². The maximum atomic E-state index is 10.6. The van der Waals surface area contributed by atoms with Gasteiger partial charge in [0.2, 0.25) is 0 Å². The molecule has 0 saturated heterocycles. The first-order chi connectivity index (χ1) is 9.61. The van der Waals surface area contributed by atoms with Gasteiger partial charge in [-0.1, -0.05) is 30.3 Å². The van der Waals surface area contributed by atoms with Crippen molar-refractivity contribution in [2.75, 3.05) is 6.26 Å². The Morgan fingerprint density at radius 1 is 1.20 bits per heavy atom. The van der Waals surface area contributed by atoms with Crippen LogP contribution in [0.3, 0.4) is 0 Å². The van der Waals surface area contributed by atoms with Crippen molar-refractivity contribution in [3.8, 4) is 0 Å². The predicted molar refractivity (Wildman–Crippen MR) is 80.0 cm³/mol. The average molecular weight is 289 g/mol. The molecule has 0 amide bonds. The maximum absolute atomic E-state index is 10.6. The Bertz CT molecular complexity index is 598. The van der Waals surface area contributed by atoms with Crippen molar-refractivity contribution in [2.24, 2.45) is 0 Å². The van der Waals surface area contributed by atoms with Gasteiger partial charge in [-0.3, -0.25) is 10.1 Å². The van der Waals surface area contributed by atoms with Crippen molar-refractivity contribution >= 4 is 17.4 Å². The summed E-state index contributed by atoms with van der Waals surface area (Å²) in [7, 11) is 0. The molecule has 5 heteroatoms. The highest BCUT2D eigenvalue weighted by Gasteiger charge is 2.13. The van der Waals surface area contributed by atoms with Gasteiger partial charge in [-0.05, 0) is 23.4 Å². The molecule has 1 N–H and O–H groups in total. The number of non-ortho nitro benzene ring substituents is 1. The number of hydrogen-bond donors (Lipinski definition) is 1. The minimum Gasteiger partial charge on any atom is -0.388 e. The molecule has 0 fully saturated rings. The summed E-state index contributed by atoms with van der Waals surface area (Å²) in [6.07, 6.45) is 1.80. The Hall–Kier alpha value is -1.85. The third kappa shape index (κ3) is 3.37. The molecule has 0 bridgehead atoms. The molecule has 0 saturated carbocycles. The summed E-state index contributed by atoms with van der Waals surface area (Å²) in [6.45, 7) is 0. The van der Waals surface area contributed by atoms with Gasteiger partial charge in [0.15, 0.2) is 0 Å². The van der Waals surface area contributed by atoms with E-state index in [0.29, 0.717) is 6.42 Å². The monoisotopic (exact) mass is 289 g/mol. The molecule has 0 aliphatic rings. The Labute approximate surface area is 121 Å². The van der Waals surface area contributed by atoms with E-state index in [9.17, 15) is 15.2 Å². The van der Waals surface area contributed by atoms with Crippen LogP contribution in [0.25, 0.3) is 0 Å². The van der Waals surface area contributed by atoms with Gasteiger partial charge in [0, 0.05) is 23.4 Å². The van der Waals surface area contributed by atoms with E-state index in [4.69, 9.17) is 0 Å². The summed E-state index contributed by atoms with van der Waals surface area (Å²) in [4.78, 5) is 11.2. The molecule has 0 aliphatic carbocycles. The first-order valence-corrected chi connectivity index (χ1v) is 7.38. The second-order valence-electron chi connectivity index (χ2n) is 4.39. The lowest BCUT2D eigenvalue weighted by molar-refractivity contribution is -0.384. The van der Waals surface area contributed by atoms with Crippen LogP contribution in [0.5, 0.6) is 0 Å². The topological polar surface area (TPSA) is 63.4 Å². The Morgan fingerprint density at radius 2 is 1.85 bits per heavy atom. The minimum absolute atomic E-state index is 0.0627. The fraction of sp³-hybridized carbons (Fsp3) is 0.200. The molecule has 20 heavy (non-hydrogen) atoms. The molecule has 0 unspecified atom stereocenters. The number of aliphatic hydroxyl groups excluding tert-OH is 1. The Balaban J connectivity index is 2.14. The molecule has 4 nitrogen and oxygen atoms in total. The van der Waals surface area contributed by atoms with Gasteiger partial charge in [0.25, 0.3) is 5.69 Å². The normalized spacial score (nSPS) is 12.1. The minimum atomic E-state index is -0.611. The molecule has 2 aromatic carbocycles. The average Bonchev–Trinajstić information content (AvgIpc) is 2.47. The molecule has 104 valence electrons. The lowest BCUT2D eigenvalue weighted by Crippen LogP contribution is -2.03. The first kappa shape index (κ1) is 14.6. The van der Waals surface area contributed by atoms with Gasteiger partial charge in [-0.15, -0.1) is 11.8 Å². The van der Waals surface area contributed by atoms with Gasteiger partial charge in [-0.2, -0.15) is 0 Å². The summed E-state index contributed by atoms with van der Waals surface area (Å²) >= 11 is 1.59. The van der Waals surface area contributed by atoms with Gasteiger partial charge < -0.3 is 5.11 Å². The number of nitro groups is 1. The third-order valence-electron chi connectivity index (χ3n) is 3.07. The van der Waals surface area contributed by atoms with Crippen molar-refractivity contribution in [2.45, 2.75) is 17.4 Å². The highest BCUT2D eigenvalue weighted by atomic mass is 32.2. The van der Waals surface area contributed by atoms with Crippen molar-refractivity contribution in [3.05, 3.63) is 69.8 Å². The van der Waals surface area contributed by atoms with Crippen molar-refractivity contribution in [3.63, 3.8) is 0 Å². The summed E-state index contributed by atoms with van der Waals surface area (Å²) in [5.74, 6) is 0. The second kappa shape index (κ2) is 6.54. The van der Waals surface area contributed by atoms with E-state index in [0.717, 1.165) is 16.0 Å². The second-order valence-corrected chi connectivity index (χ2v) is 5.23. The van der Waals surface area contributed by atoms with Crippen molar-refractivity contribution in [1.29, 1.82) is 0 Å². The van der Waals surface area contributed by atoms with Crippen LogP contribution in [0.4, 0.5) is 5.69 Å². The Kier molecular flexibility index (Phi) is 4.76. The Morgan fingerprint density at radius 3 is 2.45 bits per heavy atom. The number of nitro benzene ring substituents is 1. The molecular weight excluding hydrogens is 274 g/mol. The van der Waals surface area contributed by atoms with E-state index in [2.05, 4.69) is 0 Å². The maximum Gasteiger partial charge on any atom is 0.269 e. The number of benzene rings is 2. The fourth-order valence-electron chi connectivity index (χ4n) is 2.03. The van der Waals surface area contributed by atoms with Gasteiger partial charge in [-0.25, -0.2) is 0 Å². The zero-order valence-electron chi connectivity index (χ0n) is 11.0. The highest BCUT2D eigenvalue weighted by molar-refractivity contribution is 7.98. The summed E-state index contributed by atoms with van der Waals surface area (Å²) in [5, 5.41) is 20.9. The number of nitrogens with zero attached hydrogens (tertiary/aromatic N) is 1. The smallest absolute Gasteiger partial charge is 0.269 e. The largest absolute Gasteiger partial charge is 0.388 e. The van der Waals surface area contributed by atoms with Crippen molar-refractivity contribution < 1.29 is 10.0 Å². The summed E-state index contributed by atoms with van der Waals surface area (Å²) in [6, 6.07) is 14.0. The van der Waals surface area contributed by atoms with Crippen LogP contribution >= 0.6 is 11.8 Å². The van der Waals surface area contributed by atoms with E-state index in [1.165, 1.54) is 12.1 Å². The molecular formula is C15H15NO3S.